The predicted molar refractivity (Wildman–Crippen MR) is 144 cm³/mol. The number of carbonyl (C=O) groups is 2. The average molecular weight is 517 g/mol. The van der Waals surface area contributed by atoms with Crippen LogP contribution in [-0.4, -0.2) is 48.5 Å². The summed E-state index contributed by atoms with van der Waals surface area (Å²) in [5, 5.41) is 11.7. The van der Waals surface area contributed by atoms with E-state index in [2.05, 4.69) is 6.58 Å². The largest absolute Gasteiger partial charge is 0.493 e. The van der Waals surface area contributed by atoms with Crippen LogP contribution in [0, 0.1) is 6.92 Å². The minimum absolute atomic E-state index is 0.0421. The molecule has 2 unspecified atom stereocenters. The number of anilines is 1. The van der Waals surface area contributed by atoms with Gasteiger partial charge in [-0.05, 0) is 41.7 Å². The maximum Gasteiger partial charge on any atom is 0.416 e. The number of fused-ring (bicyclic) bond motifs is 1. The van der Waals surface area contributed by atoms with Gasteiger partial charge in [-0.2, -0.15) is 0 Å². The highest BCUT2D eigenvalue weighted by atomic mass is 16.6. The highest BCUT2D eigenvalue weighted by Gasteiger charge is 2.38. The lowest BCUT2D eigenvalue weighted by atomic mass is 9.93. The maximum absolute atomic E-state index is 13.3. The smallest absolute Gasteiger partial charge is 0.416 e. The van der Waals surface area contributed by atoms with Crippen LogP contribution in [0.5, 0.6) is 11.5 Å². The van der Waals surface area contributed by atoms with Crippen LogP contribution in [0.25, 0.3) is 0 Å². The molecule has 8 heteroatoms. The molecular formula is C30H32N2O6. The monoisotopic (exact) mass is 516 g/mol. The standard InChI is InChI=1S/C30H32N2O6/c1-4-14-37-30(35)32(29(34)26-16-23-12-8-9-13-24(23)18-31(26)20-33)25-17-28(27(36-3)15-21(25)2)38-19-22-10-6-5-7-11-22/h4-13,15,17,20,26,29,34H,1,14,16,18-19H2,2-3H3. The molecule has 0 bridgehead atoms. The Morgan fingerprint density at radius 3 is 2.53 bits per heavy atom. The summed E-state index contributed by atoms with van der Waals surface area (Å²) in [7, 11) is 1.54. The number of hydrogen-bond acceptors (Lipinski definition) is 6. The van der Waals surface area contributed by atoms with E-state index < -0.39 is 18.4 Å². The van der Waals surface area contributed by atoms with E-state index in [4.69, 9.17) is 14.2 Å². The summed E-state index contributed by atoms with van der Waals surface area (Å²) in [6.45, 7) is 5.97. The zero-order valence-corrected chi connectivity index (χ0v) is 21.6. The number of aliphatic hydroxyl groups excluding tert-OH is 1. The Bertz CT molecular complexity index is 1280. The second kappa shape index (κ2) is 12.3. The lowest BCUT2D eigenvalue weighted by molar-refractivity contribution is -0.124. The SMILES string of the molecule is C=CCOC(=O)N(c1cc(OCc2ccccc2)c(OC)cc1C)C(O)C1Cc2ccccc2CN1C=O. The average Bonchev–Trinajstić information content (AvgIpc) is 2.95. The van der Waals surface area contributed by atoms with Gasteiger partial charge in [0.2, 0.25) is 6.41 Å². The molecule has 8 nitrogen and oxygen atoms in total. The minimum atomic E-state index is -1.40. The van der Waals surface area contributed by atoms with Gasteiger partial charge < -0.3 is 24.2 Å². The fourth-order valence-corrected chi connectivity index (χ4v) is 4.60. The number of ether oxygens (including phenoxy) is 3. The highest BCUT2D eigenvalue weighted by Crippen LogP contribution is 2.38. The van der Waals surface area contributed by atoms with Crippen LogP contribution in [0.3, 0.4) is 0 Å². The van der Waals surface area contributed by atoms with Crippen molar-refractivity contribution < 1.29 is 28.9 Å². The first kappa shape index (κ1) is 26.8. The van der Waals surface area contributed by atoms with Crippen LogP contribution in [0.2, 0.25) is 0 Å². The van der Waals surface area contributed by atoms with E-state index in [0.717, 1.165) is 16.7 Å². The number of nitrogens with zero attached hydrogens (tertiary/aromatic N) is 2. The number of methoxy groups -OCH3 is 1. The van der Waals surface area contributed by atoms with Crippen LogP contribution < -0.4 is 14.4 Å². The zero-order chi connectivity index (χ0) is 27.1. The van der Waals surface area contributed by atoms with E-state index in [-0.39, 0.29) is 13.2 Å². The van der Waals surface area contributed by atoms with Crippen LogP contribution >= 0.6 is 0 Å². The molecule has 0 aromatic heterocycles. The Morgan fingerprint density at radius 2 is 1.84 bits per heavy atom. The van der Waals surface area contributed by atoms with E-state index in [1.165, 1.54) is 23.0 Å². The summed E-state index contributed by atoms with van der Waals surface area (Å²) in [5.74, 6) is 0.879. The van der Waals surface area contributed by atoms with Gasteiger partial charge in [0, 0.05) is 12.6 Å². The van der Waals surface area contributed by atoms with Gasteiger partial charge in [0.05, 0.1) is 18.8 Å². The molecule has 1 N–H and O–H groups in total. The molecule has 0 saturated heterocycles. The quantitative estimate of drug-likeness (QED) is 0.241. The van der Waals surface area contributed by atoms with Crippen molar-refractivity contribution in [2.75, 3.05) is 18.6 Å². The summed E-state index contributed by atoms with van der Waals surface area (Å²) in [4.78, 5) is 28.1. The third-order valence-corrected chi connectivity index (χ3v) is 6.57. The summed E-state index contributed by atoms with van der Waals surface area (Å²) in [6, 6.07) is 20.1. The summed E-state index contributed by atoms with van der Waals surface area (Å²) in [5.41, 5.74) is 3.99. The molecule has 1 aliphatic heterocycles. The molecule has 4 rings (SSSR count). The van der Waals surface area contributed by atoms with Crippen molar-refractivity contribution in [2.24, 2.45) is 0 Å². The van der Waals surface area contributed by atoms with Gasteiger partial charge in [0.1, 0.15) is 13.2 Å². The van der Waals surface area contributed by atoms with Crippen molar-refractivity contribution in [3.8, 4) is 11.5 Å². The van der Waals surface area contributed by atoms with Crippen LogP contribution in [0.4, 0.5) is 10.5 Å². The molecule has 2 atom stereocenters. The van der Waals surface area contributed by atoms with Crippen molar-refractivity contribution in [2.45, 2.75) is 38.8 Å². The third kappa shape index (κ3) is 5.81. The van der Waals surface area contributed by atoms with E-state index in [9.17, 15) is 14.7 Å². The molecule has 3 aromatic carbocycles. The number of aryl methyl sites for hydroxylation is 1. The Balaban J connectivity index is 1.72. The number of amides is 2. The molecule has 1 aliphatic rings. The van der Waals surface area contributed by atoms with Gasteiger partial charge in [-0.25, -0.2) is 9.69 Å². The first-order chi connectivity index (χ1) is 18.5. The molecule has 3 aromatic rings. The number of benzene rings is 3. The number of rotatable bonds is 10. The number of carbonyl (C=O) groups excluding carboxylic acids is 2. The second-order valence-corrected chi connectivity index (χ2v) is 9.03. The lowest BCUT2D eigenvalue weighted by Gasteiger charge is -2.41. The Morgan fingerprint density at radius 1 is 1.13 bits per heavy atom. The minimum Gasteiger partial charge on any atom is -0.493 e. The Labute approximate surface area is 222 Å². The Hall–Kier alpha value is -4.30. The van der Waals surface area contributed by atoms with Gasteiger partial charge >= 0.3 is 6.09 Å². The molecule has 0 radical (unpaired) electrons. The van der Waals surface area contributed by atoms with Gasteiger partial charge in [0.15, 0.2) is 17.7 Å². The van der Waals surface area contributed by atoms with E-state index in [1.54, 1.807) is 19.1 Å². The fourth-order valence-electron chi connectivity index (χ4n) is 4.60. The molecule has 0 spiro atoms. The van der Waals surface area contributed by atoms with E-state index in [0.29, 0.717) is 42.1 Å². The zero-order valence-electron chi connectivity index (χ0n) is 21.6. The second-order valence-electron chi connectivity index (χ2n) is 9.03. The van der Waals surface area contributed by atoms with Crippen molar-refractivity contribution in [1.82, 2.24) is 4.90 Å². The number of hydrogen-bond donors (Lipinski definition) is 1. The molecule has 0 fully saturated rings. The summed E-state index contributed by atoms with van der Waals surface area (Å²) < 4.78 is 17.0. The van der Waals surface area contributed by atoms with Gasteiger partial charge in [-0.15, -0.1) is 0 Å². The molecule has 198 valence electrons. The normalized spacial score (nSPS) is 15.1. The van der Waals surface area contributed by atoms with Crippen molar-refractivity contribution in [1.29, 1.82) is 0 Å². The summed E-state index contributed by atoms with van der Waals surface area (Å²) in [6.07, 6.45) is 0.344. The molecule has 0 saturated carbocycles. The molecule has 1 heterocycles. The summed E-state index contributed by atoms with van der Waals surface area (Å²) >= 11 is 0. The van der Waals surface area contributed by atoms with Gasteiger partial charge in [-0.1, -0.05) is 67.3 Å². The molecular weight excluding hydrogens is 484 g/mol. The molecule has 2 amide bonds. The highest BCUT2D eigenvalue weighted by molar-refractivity contribution is 5.90. The molecule has 0 aliphatic carbocycles. The van der Waals surface area contributed by atoms with Crippen LogP contribution in [-0.2, 0) is 29.1 Å². The van der Waals surface area contributed by atoms with Crippen molar-refractivity contribution >= 4 is 18.2 Å². The topological polar surface area (TPSA) is 88.5 Å². The first-order valence-corrected chi connectivity index (χ1v) is 12.3. The van der Waals surface area contributed by atoms with Crippen molar-refractivity contribution in [3.63, 3.8) is 0 Å². The maximum atomic E-state index is 13.3. The molecule has 38 heavy (non-hydrogen) atoms. The van der Waals surface area contributed by atoms with Crippen LogP contribution in [0.1, 0.15) is 22.3 Å². The van der Waals surface area contributed by atoms with E-state index >= 15 is 0 Å². The third-order valence-electron chi connectivity index (χ3n) is 6.57. The van der Waals surface area contributed by atoms with E-state index in [1.807, 2.05) is 54.6 Å². The predicted octanol–water partition coefficient (Wildman–Crippen LogP) is 4.61. The number of aliphatic hydroxyl groups is 1. The van der Waals surface area contributed by atoms with Gasteiger partial charge in [0.25, 0.3) is 0 Å². The van der Waals surface area contributed by atoms with Gasteiger partial charge in [-0.3, -0.25) is 4.79 Å². The van der Waals surface area contributed by atoms with Crippen molar-refractivity contribution in [3.05, 3.63) is 102 Å². The fraction of sp³-hybridized carbons (Fsp3) is 0.267. The lowest BCUT2D eigenvalue weighted by Crippen LogP contribution is -2.56. The Kier molecular flexibility index (Phi) is 8.66. The van der Waals surface area contributed by atoms with Crippen LogP contribution in [0.15, 0.2) is 79.4 Å². The first-order valence-electron chi connectivity index (χ1n) is 12.3.